The van der Waals surface area contributed by atoms with Crippen molar-refractivity contribution in [1.82, 2.24) is 15.0 Å². The van der Waals surface area contributed by atoms with Gasteiger partial charge in [-0.3, -0.25) is 4.79 Å². The van der Waals surface area contributed by atoms with Crippen LogP contribution >= 0.6 is 11.3 Å². The number of hydrogen-bond acceptors (Lipinski definition) is 7. The maximum Gasteiger partial charge on any atom is 0.306 e. The monoisotopic (exact) mass is 496 g/mol. The summed E-state index contributed by atoms with van der Waals surface area (Å²) in [6.45, 7) is 3.78. The summed E-state index contributed by atoms with van der Waals surface area (Å²) in [4.78, 5) is 25.2. The van der Waals surface area contributed by atoms with Crippen molar-refractivity contribution in [2.45, 2.75) is 63.9 Å². The average molecular weight is 497 g/mol. The Labute approximate surface area is 207 Å². The van der Waals surface area contributed by atoms with Crippen LogP contribution in [0.5, 0.6) is 0 Å². The van der Waals surface area contributed by atoms with Crippen LogP contribution in [0.25, 0.3) is 10.4 Å². The van der Waals surface area contributed by atoms with E-state index in [2.05, 4.69) is 26.3 Å². The van der Waals surface area contributed by atoms with Crippen molar-refractivity contribution in [3.8, 4) is 10.4 Å². The van der Waals surface area contributed by atoms with Gasteiger partial charge in [-0.25, -0.2) is 19.3 Å². The Morgan fingerprint density at radius 3 is 2.54 bits per heavy atom. The van der Waals surface area contributed by atoms with E-state index in [1.807, 2.05) is 19.1 Å². The Kier molecular flexibility index (Phi) is 6.31. The van der Waals surface area contributed by atoms with E-state index in [1.165, 1.54) is 17.5 Å². The van der Waals surface area contributed by atoms with Gasteiger partial charge in [-0.1, -0.05) is 6.07 Å². The molecule has 2 aliphatic carbocycles. The number of nitrogens with zero attached hydrogens (tertiary/aromatic N) is 3. The highest BCUT2D eigenvalue weighted by Gasteiger charge is 2.40. The second-order valence-corrected chi connectivity index (χ2v) is 11.0. The number of carbonyl (C=O) groups is 1. The molecule has 1 aromatic carbocycles. The Hall–Kier alpha value is -2.91. The van der Waals surface area contributed by atoms with Gasteiger partial charge in [0.25, 0.3) is 0 Å². The number of carboxylic acids is 1. The highest BCUT2D eigenvalue weighted by molar-refractivity contribution is 7.15. The lowest BCUT2D eigenvalue weighted by Gasteiger charge is -2.35. The summed E-state index contributed by atoms with van der Waals surface area (Å²) in [6.07, 6.45) is 7.40. The molecule has 0 spiro atoms. The van der Waals surface area contributed by atoms with Crippen LogP contribution in [0.1, 0.15) is 67.6 Å². The Morgan fingerprint density at radius 1 is 1.11 bits per heavy atom. The molecular weight excluding hydrogens is 467 g/mol. The zero-order valence-corrected chi connectivity index (χ0v) is 20.6. The van der Waals surface area contributed by atoms with Gasteiger partial charge in [0.15, 0.2) is 5.82 Å². The number of hydrogen-bond donors (Lipinski definition) is 3. The number of aliphatic hydroxyl groups is 1. The first-order chi connectivity index (χ1) is 16.7. The molecule has 2 saturated carbocycles. The van der Waals surface area contributed by atoms with Crippen molar-refractivity contribution in [3.05, 3.63) is 52.7 Å². The van der Waals surface area contributed by atoms with Gasteiger partial charge in [0, 0.05) is 17.8 Å². The molecule has 7 nitrogen and oxygen atoms in total. The van der Waals surface area contributed by atoms with Gasteiger partial charge in [-0.2, -0.15) is 0 Å². The first-order valence-electron chi connectivity index (χ1n) is 12.0. The predicted molar refractivity (Wildman–Crippen MR) is 132 cm³/mol. The number of anilines is 2. The van der Waals surface area contributed by atoms with Crippen LogP contribution in [-0.2, 0) is 10.4 Å². The molecule has 0 radical (unpaired) electrons. The van der Waals surface area contributed by atoms with Gasteiger partial charge in [0.05, 0.1) is 22.7 Å². The zero-order chi connectivity index (χ0) is 24.7. The molecule has 2 aromatic heterocycles. The van der Waals surface area contributed by atoms with Crippen LogP contribution in [0.2, 0.25) is 0 Å². The minimum atomic E-state index is -1.11. The summed E-state index contributed by atoms with van der Waals surface area (Å²) in [5, 5.41) is 24.4. The SMILES string of the molecule is Cc1cc(Nc2ncc(F)c(C3CC3)n2)cc(-c2cnc(C(C)(O)C3CCC(C(=O)O)CC3)s2)c1. The van der Waals surface area contributed by atoms with Gasteiger partial charge in [0.1, 0.15) is 10.6 Å². The Balaban J connectivity index is 1.35. The van der Waals surface area contributed by atoms with Gasteiger partial charge in [-0.15, -0.1) is 11.3 Å². The number of halogens is 1. The van der Waals surface area contributed by atoms with Crippen LogP contribution in [-0.4, -0.2) is 31.1 Å². The lowest BCUT2D eigenvalue weighted by Crippen LogP contribution is -2.35. The van der Waals surface area contributed by atoms with Gasteiger partial charge >= 0.3 is 5.97 Å². The lowest BCUT2D eigenvalue weighted by atomic mass is 9.74. The number of rotatable bonds is 7. The minimum Gasteiger partial charge on any atom is -0.481 e. The first kappa shape index (κ1) is 23.8. The molecule has 3 N–H and O–H groups in total. The smallest absolute Gasteiger partial charge is 0.306 e. The van der Waals surface area contributed by atoms with Gasteiger partial charge in [-0.05, 0) is 81.5 Å². The highest BCUT2D eigenvalue weighted by Crippen LogP contribution is 2.44. The normalized spacial score (nSPS) is 21.9. The molecule has 2 fully saturated rings. The average Bonchev–Trinajstić information content (AvgIpc) is 3.54. The van der Waals surface area contributed by atoms with Crippen LogP contribution in [0.3, 0.4) is 0 Å². The van der Waals surface area contributed by atoms with E-state index < -0.39 is 11.6 Å². The molecule has 184 valence electrons. The second-order valence-electron chi connectivity index (χ2n) is 9.98. The van der Waals surface area contributed by atoms with E-state index in [0.29, 0.717) is 42.3 Å². The lowest BCUT2D eigenvalue weighted by molar-refractivity contribution is -0.144. The largest absolute Gasteiger partial charge is 0.481 e. The number of carboxylic acid groups (broad SMARTS) is 1. The number of aromatic nitrogens is 3. The number of aliphatic carboxylic acids is 1. The van der Waals surface area contributed by atoms with E-state index in [9.17, 15) is 19.4 Å². The molecule has 9 heteroatoms. The summed E-state index contributed by atoms with van der Waals surface area (Å²) in [6, 6.07) is 6.00. The van der Waals surface area contributed by atoms with E-state index in [-0.39, 0.29) is 23.6 Å². The zero-order valence-electron chi connectivity index (χ0n) is 19.8. The third kappa shape index (κ3) is 5.06. The minimum absolute atomic E-state index is 0.0249. The van der Waals surface area contributed by atoms with Crippen molar-refractivity contribution in [3.63, 3.8) is 0 Å². The number of nitrogens with one attached hydrogen (secondary N) is 1. The molecule has 0 saturated heterocycles. The highest BCUT2D eigenvalue weighted by atomic mass is 32.1. The summed E-state index contributed by atoms with van der Waals surface area (Å²) in [7, 11) is 0. The molecule has 2 heterocycles. The van der Waals surface area contributed by atoms with E-state index in [4.69, 9.17) is 0 Å². The second kappa shape index (κ2) is 9.28. The van der Waals surface area contributed by atoms with Crippen LogP contribution in [0.4, 0.5) is 16.0 Å². The summed E-state index contributed by atoms with van der Waals surface area (Å²) in [5.74, 6) is -0.897. The quantitative estimate of drug-likeness (QED) is 0.381. The van der Waals surface area contributed by atoms with E-state index >= 15 is 0 Å². The molecule has 1 atom stereocenters. The standard InChI is InChI=1S/C26H29FN4O3S/c1-14-9-17(11-19(10-14)30-25-29-12-20(27)22(31-25)15-3-4-15)21-13-28-24(35-21)26(2,34)18-7-5-16(6-8-18)23(32)33/h9-13,15-16,18,34H,3-8H2,1-2H3,(H,32,33)(H,29,30,31). The van der Waals surface area contributed by atoms with Gasteiger partial charge < -0.3 is 15.5 Å². The topological polar surface area (TPSA) is 108 Å². The molecule has 3 aromatic rings. The summed E-state index contributed by atoms with van der Waals surface area (Å²) >= 11 is 1.45. The summed E-state index contributed by atoms with van der Waals surface area (Å²) < 4.78 is 14.0. The van der Waals surface area contributed by atoms with E-state index in [0.717, 1.165) is 34.5 Å². The molecule has 35 heavy (non-hydrogen) atoms. The first-order valence-corrected chi connectivity index (χ1v) is 12.9. The third-order valence-electron chi connectivity index (χ3n) is 7.16. The summed E-state index contributed by atoms with van der Waals surface area (Å²) in [5.41, 5.74) is 2.14. The van der Waals surface area contributed by atoms with Crippen molar-refractivity contribution in [2.75, 3.05) is 5.32 Å². The van der Waals surface area contributed by atoms with Crippen LogP contribution in [0.15, 0.2) is 30.6 Å². The van der Waals surface area contributed by atoms with Gasteiger partial charge in [0.2, 0.25) is 5.95 Å². The van der Waals surface area contributed by atoms with E-state index in [1.54, 1.807) is 13.1 Å². The molecule has 0 bridgehead atoms. The molecular formula is C26H29FN4O3S. The Bertz CT molecular complexity index is 1250. The molecule has 1 unspecified atom stereocenters. The number of benzene rings is 1. The fourth-order valence-electron chi connectivity index (χ4n) is 4.93. The fourth-order valence-corrected chi connectivity index (χ4v) is 5.96. The molecule has 2 aliphatic rings. The van der Waals surface area contributed by atoms with Crippen molar-refractivity contribution < 1.29 is 19.4 Å². The predicted octanol–water partition coefficient (Wildman–Crippen LogP) is 5.77. The van der Waals surface area contributed by atoms with Crippen LogP contribution in [0, 0.1) is 24.6 Å². The molecule has 5 rings (SSSR count). The van der Waals surface area contributed by atoms with Crippen LogP contribution < -0.4 is 5.32 Å². The maximum absolute atomic E-state index is 14.0. The third-order valence-corrected chi connectivity index (χ3v) is 8.44. The number of thiazole rings is 1. The Morgan fingerprint density at radius 2 is 1.86 bits per heavy atom. The van der Waals surface area contributed by atoms with Crippen molar-refractivity contribution >= 4 is 28.9 Å². The van der Waals surface area contributed by atoms with Crippen molar-refractivity contribution in [2.24, 2.45) is 11.8 Å². The maximum atomic E-state index is 14.0. The van der Waals surface area contributed by atoms with Crippen molar-refractivity contribution in [1.29, 1.82) is 0 Å². The molecule has 0 aliphatic heterocycles. The number of aryl methyl sites for hydroxylation is 1. The molecule has 0 amide bonds. The fraction of sp³-hybridized carbons (Fsp3) is 0.462.